The Morgan fingerprint density at radius 1 is 1.21 bits per heavy atom. The fourth-order valence-electron chi connectivity index (χ4n) is 3.13. The molecule has 1 amide bonds. The number of aryl methyl sites for hydroxylation is 2. The van der Waals surface area contributed by atoms with Gasteiger partial charge in [-0.3, -0.25) is 4.79 Å². The summed E-state index contributed by atoms with van der Waals surface area (Å²) in [7, 11) is 0. The zero-order valence-corrected chi connectivity index (χ0v) is 15.9. The van der Waals surface area contributed by atoms with Crippen LogP contribution in [-0.4, -0.2) is 27.4 Å². The number of hydrogen-bond acceptors (Lipinski definition) is 4. The van der Waals surface area contributed by atoms with Crippen LogP contribution in [0.15, 0.2) is 42.5 Å². The minimum absolute atomic E-state index is 0.0692. The Hall–Kier alpha value is -3.26. The van der Waals surface area contributed by atoms with Gasteiger partial charge in [0.25, 0.3) is 5.91 Å². The number of ether oxygens (including phenoxy) is 1. The topological polar surface area (TPSA) is 90.4 Å². The van der Waals surface area contributed by atoms with Crippen LogP contribution in [-0.2, 0) is 13.0 Å². The van der Waals surface area contributed by atoms with E-state index < -0.39 is 23.3 Å². The maximum absolute atomic E-state index is 14.4. The fraction of sp³-hybridized carbons (Fsp3) is 0.238. The average molecular weight is 401 g/mol. The second-order valence-electron chi connectivity index (χ2n) is 6.52. The summed E-state index contributed by atoms with van der Waals surface area (Å²) >= 11 is 0. The van der Waals surface area contributed by atoms with Crippen molar-refractivity contribution in [1.82, 2.24) is 9.78 Å². The maximum Gasteiger partial charge on any atom is 0.252 e. The first-order chi connectivity index (χ1) is 13.9. The van der Waals surface area contributed by atoms with Gasteiger partial charge in [-0.05, 0) is 49.6 Å². The van der Waals surface area contributed by atoms with Gasteiger partial charge < -0.3 is 15.6 Å². The first-order valence-electron chi connectivity index (χ1n) is 9.07. The average Bonchev–Trinajstić information content (AvgIpc) is 3.02. The van der Waals surface area contributed by atoms with Gasteiger partial charge in [0.1, 0.15) is 6.61 Å². The third kappa shape index (κ3) is 4.43. The first-order valence-corrected chi connectivity index (χ1v) is 9.07. The smallest absolute Gasteiger partial charge is 0.252 e. The van der Waals surface area contributed by atoms with Crippen LogP contribution in [0.4, 0.5) is 8.78 Å². The molecule has 1 aromatic heterocycles. The lowest BCUT2D eigenvalue weighted by Gasteiger charge is -2.13. The molecule has 1 heterocycles. The Labute approximate surface area is 166 Å². The zero-order chi connectivity index (χ0) is 21.0. The summed E-state index contributed by atoms with van der Waals surface area (Å²) in [4.78, 5) is 11.9. The molecule has 6 nitrogen and oxygen atoms in total. The van der Waals surface area contributed by atoms with Crippen molar-refractivity contribution >= 4 is 5.91 Å². The molecule has 0 saturated heterocycles. The van der Waals surface area contributed by atoms with Gasteiger partial charge in [-0.2, -0.15) is 5.10 Å². The number of hydrogen-bond donors (Lipinski definition) is 2. The standard InChI is InChI=1S/C21H21F2N3O3/c1-13-19(21(24)28)18(26(25-13)15-7-3-2-4-8-15)12-29-20-16(22)10-14(6-5-9-27)11-17(20)23/h2-4,7-8,10-11,27H,5-6,9,12H2,1H3,(H2,24,28). The highest BCUT2D eigenvalue weighted by atomic mass is 19.1. The lowest BCUT2D eigenvalue weighted by Crippen LogP contribution is -2.17. The van der Waals surface area contributed by atoms with Crippen LogP contribution in [0, 0.1) is 18.6 Å². The summed E-state index contributed by atoms with van der Waals surface area (Å²) in [6.07, 6.45) is 0.743. The van der Waals surface area contributed by atoms with Crippen LogP contribution in [0.25, 0.3) is 5.69 Å². The number of primary amides is 1. The molecule has 2 aromatic carbocycles. The molecule has 0 aliphatic rings. The van der Waals surface area contributed by atoms with Crippen molar-refractivity contribution in [3.63, 3.8) is 0 Å². The molecule has 0 bridgehead atoms. The number of amides is 1. The largest absolute Gasteiger partial charge is 0.481 e. The monoisotopic (exact) mass is 401 g/mol. The van der Waals surface area contributed by atoms with Gasteiger partial charge in [0.2, 0.25) is 0 Å². The van der Waals surface area contributed by atoms with Crippen LogP contribution in [0.2, 0.25) is 0 Å². The molecule has 0 radical (unpaired) electrons. The van der Waals surface area contributed by atoms with Gasteiger partial charge in [0.05, 0.1) is 22.6 Å². The van der Waals surface area contributed by atoms with Crippen molar-refractivity contribution < 1.29 is 23.4 Å². The Morgan fingerprint density at radius 3 is 2.45 bits per heavy atom. The van der Waals surface area contributed by atoms with Crippen molar-refractivity contribution in [2.45, 2.75) is 26.4 Å². The van der Waals surface area contributed by atoms with Crippen LogP contribution >= 0.6 is 0 Å². The number of benzene rings is 2. The molecular formula is C21H21F2N3O3. The lowest BCUT2D eigenvalue weighted by molar-refractivity contribution is 0.0997. The Bertz CT molecular complexity index is 997. The molecule has 0 spiro atoms. The highest BCUT2D eigenvalue weighted by molar-refractivity contribution is 5.95. The van der Waals surface area contributed by atoms with Gasteiger partial charge in [0.15, 0.2) is 17.4 Å². The predicted octanol–water partition coefficient (Wildman–Crippen LogP) is 3.06. The molecule has 0 aliphatic carbocycles. The highest BCUT2D eigenvalue weighted by Crippen LogP contribution is 2.26. The number of halogens is 2. The van der Waals surface area contributed by atoms with E-state index in [1.165, 1.54) is 16.8 Å². The summed E-state index contributed by atoms with van der Waals surface area (Å²) < 4.78 is 35.7. The number of carbonyl (C=O) groups is 1. The number of aromatic nitrogens is 2. The summed E-state index contributed by atoms with van der Waals surface area (Å²) in [6.45, 7) is 1.25. The predicted molar refractivity (Wildman–Crippen MR) is 103 cm³/mol. The summed E-state index contributed by atoms with van der Waals surface area (Å²) in [5, 5.41) is 13.2. The molecule has 0 unspecified atom stereocenters. The van der Waals surface area contributed by atoms with Crippen molar-refractivity contribution in [1.29, 1.82) is 0 Å². The molecule has 8 heteroatoms. The fourth-order valence-corrected chi connectivity index (χ4v) is 3.13. The molecule has 0 fully saturated rings. The van der Waals surface area contributed by atoms with Crippen molar-refractivity contribution in [3.05, 3.63) is 76.6 Å². The van der Waals surface area contributed by atoms with Crippen LogP contribution < -0.4 is 10.5 Å². The molecule has 152 valence electrons. The van der Waals surface area contributed by atoms with E-state index in [9.17, 15) is 13.6 Å². The number of nitrogens with two attached hydrogens (primary N) is 1. The third-order valence-corrected chi connectivity index (χ3v) is 4.44. The zero-order valence-electron chi connectivity index (χ0n) is 15.9. The number of carbonyl (C=O) groups excluding carboxylic acids is 1. The molecule has 3 aromatic rings. The van der Waals surface area contributed by atoms with Crippen molar-refractivity contribution in [3.8, 4) is 11.4 Å². The van der Waals surface area contributed by atoms with E-state index in [0.717, 1.165) is 0 Å². The maximum atomic E-state index is 14.4. The van der Waals surface area contributed by atoms with Gasteiger partial charge >= 0.3 is 0 Å². The number of aliphatic hydroxyl groups excluding tert-OH is 1. The molecule has 0 atom stereocenters. The van der Waals surface area contributed by atoms with E-state index in [1.807, 2.05) is 6.07 Å². The van der Waals surface area contributed by atoms with Gasteiger partial charge in [-0.1, -0.05) is 18.2 Å². The van der Waals surface area contributed by atoms with E-state index >= 15 is 0 Å². The Morgan fingerprint density at radius 2 is 1.86 bits per heavy atom. The van der Waals surface area contributed by atoms with E-state index in [-0.39, 0.29) is 18.8 Å². The quantitative estimate of drug-likeness (QED) is 0.607. The van der Waals surface area contributed by atoms with Crippen LogP contribution in [0.5, 0.6) is 5.75 Å². The number of aliphatic hydroxyl groups is 1. The second-order valence-corrected chi connectivity index (χ2v) is 6.52. The lowest BCUT2D eigenvalue weighted by atomic mass is 10.1. The summed E-state index contributed by atoms with van der Waals surface area (Å²) in [6, 6.07) is 11.3. The number of para-hydroxylation sites is 1. The first kappa shape index (κ1) is 20.5. The van der Waals surface area contributed by atoms with Crippen LogP contribution in [0.1, 0.15) is 33.7 Å². The van der Waals surface area contributed by atoms with Crippen LogP contribution in [0.3, 0.4) is 0 Å². The SMILES string of the molecule is Cc1nn(-c2ccccc2)c(COc2c(F)cc(CCCO)cc2F)c1C(N)=O. The molecule has 0 saturated carbocycles. The molecule has 3 N–H and O–H groups in total. The number of nitrogens with zero attached hydrogens (tertiary/aromatic N) is 2. The van der Waals surface area contributed by atoms with Gasteiger partial charge in [-0.15, -0.1) is 0 Å². The van der Waals surface area contributed by atoms with E-state index in [4.69, 9.17) is 15.6 Å². The van der Waals surface area contributed by atoms with E-state index in [2.05, 4.69) is 5.10 Å². The summed E-state index contributed by atoms with van der Waals surface area (Å²) in [5.41, 5.74) is 7.39. The van der Waals surface area contributed by atoms with Gasteiger partial charge in [0, 0.05) is 6.61 Å². The highest BCUT2D eigenvalue weighted by Gasteiger charge is 2.22. The Kier molecular flexibility index (Phi) is 6.23. The minimum Gasteiger partial charge on any atom is -0.481 e. The summed E-state index contributed by atoms with van der Waals surface area (Å²) in [5.74, 6) is -2.97. The van der Waals surface area contributed by atoms with Crippen molar-refractivity contribution in [2.75, 3.05) is 6.61 Å². The molecular weight excluding hydrogens is 380 g/mol. The number of rotatable bonds is 8. The Balaban J connectivity index is 1.94. The van der Waals surface area contributed by atoms with E-state index in [0.29, 0.717) is 35.5 Å². The molecule has 0 aliphatic heterocycles. The normalized spacial score (nSPS) is 10.9. The molecule has 3 rings (SSSR count). The van der Waals surface area contributed by atoms with Gasteiger partial charge in [-0.25, -0.2) is 13.5 Å². The van der Waals surface area contributed by atoms with E-state index in [1.54, 1.807) is 31.2 Å². The minimum atomic E-state index is -0.860. The molecule has 29 heavy (non-hydrogen) atoms. The van der Waals surface area contributed by atoms with Crippen molar-refractivity contribution in [2.24, 2.45) is 5.73 Å². The second kappa shape index (κ2) is 8.83. The third-order valence-electron chi connectivity index (χ3n) is 4.44.